The standard InChI is InChI=1S/C23H28O12/c1-12(2)18(24)32-9-10-33-20(26)14-4-3-13(19(25)34-16-5-7-30-22(16)28)11-15(14)21(27)35-17-6-8-31-23(17)29/h13-17H,1,3-11H2,2H3. The average Bonchev–Trinajstić information content (AvgIpc) is 3.43. The van der Waals surface area contributed by atoms with E-state index in [4.69, 9.17) is 28.4 Å². The largest absolute Gasteiger partial charge is 0.463 e. The minimum absolute atomic E-state index is 0.0917. The smallest absolute Gasteiger partial charge is 0.347 e. The SMILES string of the molecule is C=C(C)C(=O)OCCOC(=O)C1CCC(C(=O)OC2CCOC2=O)CC1C(=O)OC1CCOC1=O. The highest BCUT2D eigenvalue weighted by atomic mass is 16.6. The predicted octanol–water partition coefficient (Wildman–Crippen LogP) is 0.399. The third-order valence-corrected chi connectivity index (χ3v) is 5.99. The molecule has 12 nitrogen and oxygen atoms in total. The number of esters is 6. The zero-order chi connectivity index (χ0) is 25.5. The molecule has 0 aromatic carbocycles. The van der Waals surface area contributed by atoms with Gasteiger partial charge in [-0.2, -0.15) is 0 Å². The van der Waals surface area contributed by atoms with E-state index >= 15 is 0 Å². The van der Waals surface area contributed by atoms with E-state index in [1.54, 1.807) is 0 Å². The second kappa shape index (κ2) is 11.8. The molecule has 3 fully saturated rings. The van der Waals surface area contributed by atoms with Gasteiger partial charge in [0.25, 0.3) is 0 Å². The van der Waals surface area contributed by atoms with Crippen molar-refractivity contribution in [2.45, 2.75) is 51.2 Å². The van der Waals surface area contributed by atoms with Gasteiger partial charge in [-0.25, -0.2) is 14.4 Å². The van der Waals surface area contributed by atoms with Gasteiger partial charge < -0.3 is 28.4 Å². The van der Waals surface area contributed by atoms with Crippen LogP contribution in [0.1, 0.15) is 39.0 Å². The Morgan fingerprint density at radius 3 is 1.91 bits per heavy atom. The molecule has 0 aromatic heterocycles. The highest BCUT2D eigenvalue weighted by molar-refractivity contribution is 5.87. The van der Waals surface area contributed by atoms with Crippen LogP contribution in [0.15, 0.2) is 12.2 Å². The van der Waals surface area contributed by atoms with Crippen LogP contribution in [0.25, 0.3) is 0 Å². The highest BCUT2D eigenvalue weighted by Crippen LogP contribution is 2.37. The van der Waals surface area contributed by atoms with Gasteiger partial charge in [0.2, 0.25) is 12.2 Å². The Morgan fingerprint density at radius 1 is 0.800 bits per heavy atom. The van der Waals surface area contributed by atoms with Crippen LogP contribution >= 0.6 is 0 Å². The molecule has 0 radical (unpaired) electrons. The number of ether oxygens (including phenoxy) is 6. The third kappa shape index (κ3) is 6.80. The van der Waals surface area contributed by atoms with Gasteiger partial charge >= 0.3 is 35.8 Å². The molecule has 2 aliphatic heterocycles. The Labute approximate surface area is 201 Å². The Kier molecular flexibility index (Phi) is 8.83. The summed E-state index contributed by atoms with van der Waals surface area (Å²) >= 11 is 0. The molecule has 0 amide bonds. The zero-order valence-corrected chi connectivity index (χ0v) is 19.4. The minimum atomic E-state index is -1.09. The first-order valence-corrected chi connectivity index (χ1v) is 11.4. The molecule has 0 aromatic rings. The van der Waals surface area contributed by atoms with Crippen molar-refractivity contribution in [1.82, 2.24) is 0 Å². The topological polar surface area (TPSA) is 158 Å². The highest BCUT2D eigenvalue weighted by Gasteiger charge is 2.46. The maximum absolute atomic E-state index is 12.9. The number of carbonyl (C=O) groups excluding carboxylic acids is 6. The molecule has 2 saturated heterocycles. The summed E-state index contributed by atoms with van der Waals surface area (Å²) in [6.07, 6.45) is -1.42. The van der Waals surface area contributed by atoms with Gasteiger partial charge in [-0.15, -0.1) is 0 Å². The molecule has 0 spiro atoms. The molecule has 35 heavy (non-hydrogen) atoms. The van der Waals surface area contributed by atoms with Gasteiger partial charge in [0.15, 0.2) is 0 Å². The molecule has 3 aliphatic rings. The number of rotatable bonds is 9. The maximum Gasteiger partial charge on any atom is 0.347 e. The lowest BCUT2D eigenvalue weighted by Crippen LogP contribution is -2.42. The van der Waals surface area contributed by atoms with Crippen molar-refractivity contribution in [3.63, 3.8) is 0 Å². The van der Waals surface area contributed by atoms with Crippen molar-refractivity contribution in [2.24, 2.45) is 17.8 Å². The Balaban J connectivity index is 1.62. The molecule has 192 valence electrons. The van der Waals surface area contributed by atoms with Gasteiger partial charge in [0.1, 0.15) is 13.2 Å². The molecule has 0 N–H and O–H groups in total. The number of carbonyl (C=O) groups is 6. The predicted molar refractivity (Wildman–Crippen MR) is 112 cm³/mol. The lowest BCUT2D eigenvalue weighted by atomic mass is 9.74. The zero-order valence-electron chi connectivity index (χ0n) is 19.4. The Morgan fingerprint density at radius 2 is 1.37 bits per heavy atom. The van der Waals surface area contributed by atoms with Gasteiger partial charge in [0.05, 0.1) is 31.0 Å². The number of hydrogen-bond acceptors (Lipinski definition) is 12. The van der Waals surface area contributed by atoms with Gasteiger partial charge in [-0.1, -0.05) is 6.58 Å². The second-order valence-electron chi connectivity index (χ2n) is 8.57. The average molecular weight is 496 g/mol. The summed E-state index contributed by atoms with van der Waals surface area (Å²) in [5, 5.41) is 0. The van der Waals surface area contributed by atoms with E-state index in [1.807, 2.05) is 0 Å². The van der Waals surface area contributed by atoms with E-state index in [-0.39, 0.29) is 64.1 Å². The summed E-state index contributed by atoms with van der Waals surface area (Å²) < 4.78 is 30.2. The van der Waals surface area contributed by atoms with E-state index in [0.717, 1.165) is 0 Å². The summed E-state index contributed by atoms with van der Waals surface area (Å²) in [5.41, 5.74) is 0.195. The van der Waals surface area contributed by atoms with E-state index in [2.05, 4.69) is 6.58 Å². The summed E-state index contributed by atoms with van der Waals surface area (Å²) in [5.74, 6) is -6.96. The third-order valence-electron chi connectivity index (χ3n) is 5.99. The van der Waals surface area contributed by atoms with Crippen LogP contribution in [0, 0.1) is 17.8 Å². The lowest BCUT2D eigenvalue weighted by molar-refractivity contribution is -0.174. The second-order valence-corrected chi connectivity index (χ2v) is 8.57. The van der Waals surface area contributed by atoms with Crippen LogP contribution < -0.4 is 0 Å². The molecule has 1 saturated carbocycles. The van der Waals surface area contributed by atoms with Crippen LogP contribution in [0.2, 0.25) is 0 Å². The fourth-order valence-electron chi connectivity index (χ4n) is 4.07. The van der Waals surface area contributed by atoms with Crippen LogP contribution in [-0.2, 0) is 57.2 Å². The lowest BCUT2D eigenvalue weighted by Gasteiger charge is -2.33. The maximum atomic E-state index is 12.9. The summed E-state index contributed by atoms with van der Waals surface area (Å²) in [6, 6.07) is 0. The quantitative estimate of drug-likeness (QED) is 0.187. The monoisotopic (exact) mass is 496 g/mol. The van der Waals surface area contributed by atoms with Crippen LogP contribution in [0.4, 0.5) is 0 Å². The van der Waals surface area contributed by atoms with E-state index < -0.39 is 65.8 Å². The van der Waals surface area contributed by atoms with Crippen molar-refractivity contribution < 1.29 is 57.2 Å². The van der Waals surface area contributed by atoms with Gasteiger partial charge in [-0.3, -0.25) is 14.4 Å². The van der Waals surface area contributed by atoms with Crippen molar-refractivity contribution in [3.05, 3.63) is 12.2 Å². The molecule has 3 rings (SSSR count). The Bertz CT molecular complexity index is 893. The molecule has 5 atom stereocenters. The minimum Gasteiger partial charge on any atom is -0.463 e. The molecule has 1 aliphatic carbocycles. The Hall–Kier alpha value is -3.44. The fraction of sp³-hybridized carbons (Fsp3) is 0.652. The number of cyclic esters (lactones) is 2. The van der Waals surface area contributed by atoms with Crippen LogP contribution in [0.5, 0.6) is 0 Å². The van der Waals surface area contributed by atoms with E-state index in [1.165, 1.54) is 6.92 Å². The van der Waals surface area contributed by atoms with E-state index in [0.29, 0.717) is 0 Å². The van der Waals surface area contributed by atoms with Crippen molar-refractivity contribution >= 4 is 35.8 Å². The molecule has 5 unspecified atom stereocenters. The van der Waals surface area contributed by atoms with Crippen LogP contribution in [0.3, 0.4) is 0 Å². The molecular formula is C23H28O12. The number of hydrogen-bond donors (Lipinski definition) is 0. The van der Waals surface area contributed by atoms with Crippen LogP contribution in [-0.4, -0.2) is 74.5 Å². The van der Waals surface area contributed by atoms with E-state index in [9.17, 15) is 28.8 Å². The molecule has 12 heteroatoms. The van der Waals surface area contributed by atoms with Crippen molar-refractivity contribution in [3.8, 4) is 0 Å². The normalized spacial score (nSPS) is 27.9. The molecule has 0 bridgehead atoms. The summed E-state index contributed by atoms with van der Waals surface area (Å²) in [6.45, 7) is 4.76. The fourth-order valence-corrected chi connectivity index (χ4v) is 4.07. The van der Waals surface area contributed by atoms with Gasteiger partial charge in [-0.05, 0) is 26.2 Å². The summed E-state index contributed by atoms with van der Waals surface area (Å²) in [4.78, 5) is 73.1. The van der Waals surface area contributed by atoms with Crippen molar-refractivity contribution in [1.29, 1.82) is 0 Å². The molecular weight excluding hydrogens is 468 g/mol. The first kappa shape index (κ1) is 26.2. The summed E-state index contributed by atoms with van der Waals surface area (Å²) in [7, 11) is 0. The molecule has 2 heterocycles. The van der Waals surface area contributed by atoms with Gasteiger partial charge in [0, 0.05) is 18.4 Å². The van der Waals surface area contributed by atoms with Crippen molar-refractivity contribution in [2.75, 3.05) is 26.4 Å². The first-order chi connectivity index (χ1) is 16.7. The first-order valence-electron chi connectivity index (χ1n) is 11.4.